The Bertz CT molecular complexity index is 1520. The number of hydrogen-bond acceptors (Lipinski definition) is 4. The number of hydrogen-bond donors (Lipinski definition) is 2. The monoisotopic (exact) mass is 449 g/mol. The van der Waals surface area contributed by atoms with Gasteiger partial charge in [-0.25, -0.2) is 13.6 Å². The fourth-order valence-electron chi connectivity index (χ4n) is 4.34. The van der Waals surface area contributed by atoms with E-state index >= 15 is 0 Å². The molecule has 6 nitrogen and oxygen atoms in total. The molecule has 0 amide bonds. The number of aromatic nitrogens is 1. The molecule has 2 aromatic carbocycles. The summed E-state index contributed by atoms with van der Waals surface area (Å²) >= 11 is 0. The number of Topliss-reactive ketones (excluding diaryl/α,β-unsaturated/α-hetero) is 1. The predicted octanol–water partition coefficient (Wildman–Crippen LogP) is 4.82. The van der Waals surface area contributed by atoms with Gasteiger partial charge in [-0.2, -0.15) is 0 Å². The van der Waals surface area contributed by atoms with Gasteiger partial charge in [-0.05, 0) is 29.8 Å². The van der Waals surface area contributed by atoms with Crippen LogP contribution in [0.5, 0.6) is 0 Å². The van der Waals surface area contributed by atoms with Crippen LogP contribution >= 0.6 is 0 Å². The van der Waals surface area contributed by atoms with E-state index in [1.54, 1.807) is 12.2 Å². The van der Waals surface area contributed by atoms with E-state index in [-0.39, 0.29) is 69.6 Å². The number of aromatic carboxylic acids is 1. The van der Waals surface area contributed by atoms with Crippen molar-refractivity contribution in [1.82, 2.24) is 4.57 Å². The molecule has 0 unspecified atom stereocenters. The highest BCUT2D eigenvalue weighted by Crippen LogP contribution is 2.40. The highest BCUT2D eigenvalue weighted by Gasteiger charge is 2.31. The maximum atomic E-state index is 14.9. The minimum Gasteiger partial charge on any atom is -0.477 e. The molecule has 1 aliphatic carbocycles. The van der Waals surface area contributed by atoms with Crippen molar-refractivity contribution in [3.8, 4) is 0 Å². The molecule has 33 heavy (non-hydrogen) atoms. The van der Waals surface area contributed by atoms with Crippen molar-refractivity contribution in [2.24, 2.45) is 0 Å². The Morgan fingerprint density at radius 1 is 1.15 bits per heavy atom. The summed E-state index contributed by atoms with van der Waals surface area (Å²) in [5, 5.41) is 20.0. The van der Waals surface area contributed by atoms with E-state index in [1.165, 1.54) is 47.2 Å². The van der Waals surface area contributed by atoms with Crippen molar-refractivity contribution in [1.29, 1.82) is 0 Å². The number of allylic oxidation sites excluding steroid dienone is 4. The average Bonchev–Trinajstić information content (AvgIpc) is 3.39. The number of carbonyl (C=O) groups is 2. The molecule has 0 radical (unpaired) electrons. The Labute approximate surface area is 185 Å². The second-order valence-electron chi connectivity index (χ2n) is 7.75. The molecule has 0 aliphatic heterocycles. The third-order valence-electron chi connectivity index (χ3n) is 5.81. The molecular weight excluding hydrogens is 432 g/mol. The summed E-state index contributed by atoms with van der Waals surface area (Å²) in [6.07, 6.45) is 6.20. The number of fused-ring (bicyclic) bond motifs is 3. The topological polar surface area (TPSA) is 92.7 Å². The van der Waals surface area contributed by atoms with Gasteiger partial charge in [-0.1, -0.05) is 24.3 Å². The summed E-state index contributed by atoms with van der Waals surface area (Å²) in [7, 11) is 0. The first kappa shape index (κ1) is 20.8. The Balaban J connectivity index is 1.90. The number of carboxylic acids is 1. The van der Waals surface area contributed by atoms with Gasteiger partial charge in [0.1, 0.15) is 22.9 Å². The summed E-state index contributed by atoms with van der Waals surface area (Å²) in [5.74, 6) is -2.90. The molecule has 0 spiro atoms. The molecule has 5 rings (SSSR count). The zero-order valence-corrected chi connectivity index (χ0v) is 17.1. The summed E-state index contributed by atoms with van der Waals surface area (Å²) in [6.45, 7) is -0.590. The molecule has 4 aromatic rings. The van der Waals surface area contributed by atoms with Gasteiger partial charge < -0.3 is 19.2 Å². The Kier molecular flexibility index (Phi) is 4.94. The third kappa shape index (κ3) is 3.27. The smallest absolute Gasteiger partial charge is 0.353 e. The van der Waals surface area contributed by atoms with E-state index in [0.29, 0.717) is 5.56 Å². The molecule has 8 heteroatoms. The molecule has 0 saturated heterocycles. The normalized spacial score (nSPS) is 13.8. The molecule has 1 aliphatic rings. The van der Waals surface area contributed by atoms with Crippen LogP contribution < -0.4 is 0 Å². The van der Waals surface area contributed by atoms with Crippen molar-refractivity contribution in [3.63, 3.8) is 0 Å². The molecular formula is C25H17F2NO5. The minimum absolute atomic E-state index is 0.0905. The summed E-state index contributed by atoms with van der Waals surface area (Å²) in [6, 6.07) is 6.60. The van der Waals surface area contributed by atoms with Gasteiger partial charge in [0.2, 0.25) is 0 Å². The average molecular weight is 449 g/mol. The van der Waals surface area contributed by atoms with Gasteiger partial charge in [0.15, 0.2) is 5.78 Å². The zero-order chi connectivity index (χ0) is 23.3. The maximum Gasteiger partial charge on any atom is 0.353 e. The van der Waals surface area contributed by atoms with Crippen LogP contribution in [0.4, 0.5) is 8.78 Å². The first-order valence-electron chi connectivity index (χ1n) is 10.1. The van der Waals surface area contributed by atoms with E-state index < -0.39 is 17.6 Å². The first-order chi connectivity index (χ1) is 15.9. The Morgan fingerprint density at radius 2 is 1.97 bits per heavy atom. The predicted molar refractivity (Wildman–Crippen MR) is 117 cm³/mol. The number of nitrogens with zero attached hydrogens (tertiary/aromatic N) is 1. The number of aliphatic hydroxyl groups is 1. The van der Waals surface area contributed by atoms with E-state index in [4.69, 9.17) is 4.42 Å². The van der Waals surface area contributed by atoms with Crippen LogP contribution in [0.2, 0.25) is 0 Å². The van der Waals surface area contributed by atoms with Gasteiger partial charge in [-0.3, -0.25) is 4.79 Å². The van der Waals surface area contributed by atoms with E-state index in [9.17, 15) is 28.6 Å². The lowest BCUT2D eigenvalue weighted by Gasteiger charge is -2.12. The summed E-state index contributed by atoms with van der Waals surface area (Å²) in [5.41, 5.74) is 0.787. The van der Waals surface area contributed by atoms with Crippen molar-refractivity contribution >= 4 is 39.2 Å². The van der Waals surface area contributed by atoms with Crippen molar-refractivity contribution in [3.05, 3.63) is 88.8 Å². The lowest BCUT2D eigenvalue weighted by molar-refractivity contribution is -0.113. The SMILES string of the molecule is O=C1CC=CC=C1c1c(C(=O)O)n(Cc2cc(CO)ccc2F)c2cc(F)c3ccoc3c12. The molecule has 166 valence electrons. The van der Waals surface area contributed by atoms with Crippen LogP contribution in [-0.4, -0.2) is 26.5 Å². The van der Waals surface area contributed by atoms with Gasteiger partial charge in [0, 0.05) is 23.1 Å². The van der Waals surface area contributed by atoms with Gasteiger partial charge >= 0.3 is 5.97 Å². The highest BCUT2D eigenvalue weighted by molar-refractivity contribution is 6.29. The summed E-state index contributed by atoms with van der Waals surface area (Å²) in [4.78, 5) is 25.2. The Morgan fingerprint density at radius 3 is 2.70 bits per heavy atom. The first-order valence-corrected chi connectivity index (χ1v) is 10.1. The zero-order valence-electron chi connectivity index (χ0n) is 17.1. The minimum atomic E-state index is -1.36. The van der Waals surface area contributed by atoms with Crippen molar-refractivity contribution < 1.29 is 33.0 Å². The van der Waals surface area contributed by atoms with Crippen LogP contribution in [0.1, 0.15) is 33.6 Å². The van der Waals surface area contributed by atoms with Gasteiger partial charge in [0.25, 0.3) is 0 Å². The highest BCUT2D eigenvalue weighted by atomic mass is 19.1. The number of furan rings is 1. The van der Waals surface area contributed by atoms with E-state index in [1.807, 2.05) is 0 Å². The molecule has 0 fully saturated rings. The van der Waals surface area contributed by atoms with Crippen LogP contribution in [0.25, 0.3) is 27.4 Å². The number of benzene rings is 2. The molecule has 0 saturated carbocycles. The van der Waals surface area contributed by atoms with Crippen molar-refractivity contribution in [2.45, 2.75) is 19.6 Å². The third-order valence-corrected chi connectivity index (χ3v) is 5.81. The van der Waals surface area contributed by atoms with Crippen molar-refractivity contribution in [2.75, 3.05) is 0 Å². The second kappa shape index (κ2) is 7.83. The number of ketones is 1. The molecule has 0 bridgehead atoms. The lowest BCUT2D eigenvalue weighted by Crippen LogP contribution is -2.14. The largest absolute Gasteiger partial charge is 0.477 e. The fourth-order valence-corrected chi connectivity index (χ4v) is 4.34. The number of rotatable bonds is 5. The van der Waals surface area contributed by atoms with Crippen LogP contribution in [0, 0.1) is 11.6 Å². The number of aliphatic hydroxyl groups excluding tert-OH is 1. The lowest BCUT2D eigenvalue weighted by atomic mass is 9.93. The maximum absolute atomic E-state index is 14.9. The number of carboxylic acid groups (broad SMARTS) is 1. The number of halogens is 2. The Hall–Kier alpha value is -4.04. The standard InChI is InChI=1S/C25H17F2NO5/c26-17-6-5-13(12-29)9-14(17)11-28-19-10-18(27)15-7-8-33-24(15)22(19)21(23(28)25(31)32)16-3-1-2-4-20(16)30/h1-3,5-10,29H,4,11-12H2,(H,31,32). The van der Waals surface area contributed by atoms with E-state index in [0.717, 1.165) is 0 Å². The molecule has 2 heterocycles. The second-order valence-corrected chi connectivity index (χ2v) is 7.75. The molecule has 2 N–H and O–H groups in total. The fraction of sp³-hybridized carbons (Fsp3) is 0.120. The molecule has 0 atom stereocenters. The quantitative estimate of drug-likeness (QED) is 0.456. The van der Waals surface area contributed by atoms with Gasteiger partial charge in [0.05, 0.1) is 35.7 Å². The number of carbonyl (C=O) groups excluding carboxylic acids is 1. The van der Waals surface area contributed by atoms with Gasteiger partial charge in [-0.15, -0.1) is 0 Å². The summed E-state index contributed by atoms with van der Waals surface area (Å²) < 4.78 is 36.3. The van der Waals surface area contributed by atoms with Crippen LogP contribution in [-0.2, 0) is 17.9 Å². The molecule has 2 aromatic heterocycles. The van der Waals surface area contributed by atoms with Crippen LogP contribution in [0.3, 0.4) is 0 Å². The van der Waals surface area contributed by atoms with E-state index in [2.05, 4.69) is 0 Å². The van der Waals surface area contributed by atoms with Crippen LogP contribution in [0.15, 0.2) is 59.2 Å².